The molecule has 19 heavy (non-hydrogen) atoms. The maximum Gasteiger partial charge on any atom is 0.201 e. The van der Waals surface area contributed by atoms with Gasteiger partial charge in [-0.2, -0.15) is 10.4 Å². The molecule has 0 amide bonds. The van der Waals surface area contributed by atoms with Crippen LogP contribution in [0.2, 0.25) is 0 Å². The zero-order valence-corrected chi connectivity index (χ0v) is 9.88. The second kappa shape index (κ2) is 5.06. The molecule has 0 saturated heterocycles. The van der Waals surface area contributed by atoms with Gasteiger partial charge in [-0.1, -0.05) is 12.1 Å². The third-order valence-electron chi connectivity index (χ3n) is 2.51. The molecule has 0 unspecified atom stereocenters. The minimum atomic E-state index is -0.395. The highest BCUT2D eigenvalue weighted by molar-refractivity contribution is 6.45. The Morgan fingerprint density at radius 1 is 1.37 bits per heavy atom. The molecule has 0 aliphatic carbocycles. The summed E-state index contributed by atoms with van der Waals surface area (Å²) in [6.07, 6.45) is 0. The summed E-state index contributed by atoms with van der Waals surface area (Å²) in [5, 5.41) is 30.8. The molecule has 2 rings (SSSR count). The number of aromatic hydroxyl groups is 1. The van der Waals surface area contributed by atoms with Crippen LogP contribution in [0.25, 0.3) is 10.8 Å². The first-order chi connectivity index (χ1) is 9.11. The van der Waals surface area contributed by atoms with Crippen molar-refractivity contribution in [2.24, 2.45) is 10.8 Å². The first kappa shape index (κ1) is 12.4. The minimum absolute atomic E-state index is 0.176. The number of nitrogens with zero attached hydrogens (tertiary/aromatic N) is 2. The number of benzene rings is 2. The molecule has 5 N–H and O–H groups in total. The van der Waals surface area contributed by atoms with Crippen LogP contribution < -0.4 is 11.2 Å². The van der Waals surface area contributed by atoms with Crippen molar-refractivity contribution in [2.45, 2.75) is 0 Å². The van der Waals surface area contributed by atoms with Crippen LogP contribution >= 0.6 is 0 Å². The highest BCUT2D eigenvalue weighted by atomic mass is 16.3. The number of amidine groups is 1. The Bertz CT molecular complexity index is 715. The summed E-state index contributed by atoms with van der Waals surface area (Å²) in [6, 6.07) is 12.1. The fourth-order valence-electron chi connectivity index (χ4n) is 1.63. The molecule has 0 radical (unpaired) electrons. The van der Waals surface area contributed by atoms with Crippen molar-refractivity contribution in [2.75, 3.05) is 5.43 Å². The fourth-order valence-corrected chi connectivity index (χ4v) is 1.63. The first-order valence-electron chi connectivity index (χ1n) is 5.42. The van der Waals surface area contributed by atoms with Crippen molar-refractivity contribution in [3.63, 3.8) is 0 Å². The van der Waals surface area contributed by atoms with Crippen LogP contribution in [0.4, 0.5) is 5.69 Å². The Balaban J connectivity index is 2.42. The number of hydrogen-bond donors (Lipinski definition) is 4. The molecule has 0 heterocycles. The van der Waals surface area contributed by atoms with E-state index in [2.05, 4.69) is 10.5 Å². The highest BCUT2D eigenvalue weighted by Crippen LogP contribution is 2.26. The monoisotopic (exact) mass is 253 g/mol. The van der Waals surface area contributed by atoms with Crippen LogP contribution in [0.5, 0.6) is 5.75 Å². The number of phenols is 1. The van der Waals surface area contributed by atoms with E-state index in [1.807, 2.05) is 6.07 Å². The van der Waals surface area contributed by atoms with Gasteiger partial charge in [-0.3, -0.25) is 10.8 Å². The number of nitriles is 1. The second-order valence-corrected chi connectivity index (χ2v) is 3.81. The summed E-state index contributed by atoms with van der Waals surface area (Å²) < 4.78 is 0. The van der Waals surface area contributed by atoms with E-state index in [4.69, 9.17) is 16.4 Å². The van der Waals surface area contributed by atoms with Gasteiger partial charge in [-0.05, 0) is 29.7 Å². The van der Waals surface area contributed by atoms with Gasteiger partial charge in [0.1, 0.15) is 11.8 Å². The van der Waals surface area contributed by atoms with E-state index in [9.17, 15) is 5.11 Å². The standard InChI is InChI=1S/C13H11N5O/c14-7-12(13(15)16)18-17-11-3-1-2-8-6-9(19)4-5-10(8)11/h1-6,17,19H,(H3,15,16)/b18-12+. The van der Waals surface area contributed by atoms with Gasteiger partial charge in [0, 0.05) is 5.39 Å². The van der Waals surface area contributed by atoms with Crippen molar-refractivity contribution in [1.29, 1.82) is 10.7 Å². The third-order valence-corrected chi connectivity index (χ3v) is 2.51. The largest absolute Gasteiger partial charge is 0.508 e. The Labute approximate surface area is 109 Å². The van der Waals surface area contributed by atoms with Crippen LogP contribution in [0.1, 0.15) is 0 Å². The SMILES string of the molecule is N#C/C(=N\Nc1cccc2cc(O)ccc12)C(=N)N. The summed E-state index contributed by atoms with van der Waals surface area (Å²) in [6.45, 7) is 0. The Kier molecular flexibility index (Phi) is 3.30. The summed E-state index contributed by atoms with van der Waals surface area (Å²) >= 11 is 0. The molecule has 0 spiro atoms. The molecule has 0 bridgehead atoms. The quantitative estimate of drug-likeness (QED) is 0.378. The predicted octanol–water partition coefficient (Wildman–Crippen LogP) is 1.77. The van der Waals surface area contributed by atoms with E-state index in [0.29, 0.717) is 5.69 Å². The summed E-state index contributed by atoms with van der Waals surface area (Å²) in [7, 11) is 0. The molecule has 0 saturated carbocycles. The molecule has 6 heteroatoms. The zero-order valence-electron chi connectivity index (χ0n) is 9.88. The molecule has 0 atom stereocenters. The molecular weight excluding hydrogens is 242 g/mol. The van der Waals surface area contributed by atoms with Crippen molar-refractivity contribution < 1.29 is 5.11 Å². The van der Waals surface area contributed by atoms with Crippen LogP contribution in [0.3, 0.4) is 0 Å². The molecule has 0 fully saturated rings. The van der Waals surface area contributed by atoms with Gasteiger partial charge in [0.15, 0.2) is 5.84 Å². The number of hydrazone groups is 1. The maximum atomic E-state index is 9.41. The topological polar surface area (TPSA) is 118 Å². The minimum Gasteiger partial charge on any atom is -0.508 e. The number of phenolic OH excluding ortho intramolecular Hbond substituents is 1. The first-order valence-corrected chi connectivity index (χ1v) is 5.42. The highest BCUT2D eigenvalue weighted by Gasteiger charge is 2.03. The van der Waals surface area contributed by atoms with Gasteiger partial charge < -0.3 is 10.8 Å². The van der Waals surface area contributed by atoms with Gasteiger partial charge in [0.2, 0.25) is 5.71 Å². The van der Waals surface area contributed by atoms with Crippen molar-refractivity contribution in [1.82, 2.24) is 0 Å². The second-order valence-electron chi connectivity index (χ2n) is 3.81. The molecule has 0 aliphatic heterocycles. The third kappa shape index (κ3) is 2.61. The summed E-state index contributed by atoms with van der Waals surface area (Å²) in [5.41, 5.74) is 8.38. The van der Waals surface area contributed by atoms with E-state index >= 15 is 0 Å². The van der Waals surface area contributed by atoms with E-state index < -0.39 is 5.84 Å². The van der Waals surface area contributed by atoms with E-state index in [1.54, 1.807) is 36.4 Å². The smallest absolute Gasteiger partial charge is 0.201 e. The molecule has 6 nitrogen and oxygen atoms in total. The lowest BCUT2D eigenvalue weighted by Gasteiger charge is -2.06. The average Bonchev–Trinajstić information content (AvgIpc) is 2.38. The predicted molar refractivity (Wildman–Crippen MR) is 74.2 cm³/mol. The van der Waals surface area contributed by atoms with Crippen LogP contribution in [0, 0.1) is 16.7 Å². The summed E-state index contributed by atoms with van der Waals surface area (Å²) in [5.74, 6) is -0.220. The number of fused-ring (bicyclic) bond motifs is 1. The number of nitrogens with two attached hydrogens (primary N) is 1. The number of anilines is 1. The molecule has 0 aliphatic rings. The lowest BCUT2D eigenvalue weighted by atomic mass is 10.1. The van der Waals surface area contributed by atoms with Crippen molar-refractivity contribution in [3.05, 3.63) is 36.4 Å². The molecule has 0 aromatic heterocycles. The van der Waals surface area contributed by atoms with Crippen molar-refractivity contribution >= 4 is 28.0 Å². The van der Waals surface area contributed by atoms with E-state index in [-0.39, 0.29) is 11.5 Å². The molecule has 94 valence electrons. The number of hydrogen-bond acceptors (Lipinski definition) is 5. The normalized spacial score (nSPS) is 11.0. The van der Waals surface area contributed by atoms with Gasteiger partial charge >= 0.3 is 0 Å². The number of nitrogens with one attached hydrogen (secondary N) is 2. The molecule has 2 aromatic rings. The fraction of sp³-hybridized carbons (Fsp3) is 0. The van der Waals surface area contributed by atoms with E-state index in [0.717, 1.165) is 10.8 Å². The lowest BCUT2D eigenvalue weighted by molar-refractivity contribution is 0.476. The Morgan fingerprint density at radius 2 is 2.16 bits per heavy atom. The van der Waals surface area contributed by atoms with Crippen LogP contribution in [-0.2, 0) is 0 Å². The van der Waals surface area contributed by atoms with Gasteiger partial charge in [-0.25, -0.2) is 0 Å². The Hall–Kier alpha value is -3.07. The van der Waals surface area contributed by atoms with Crippen LogP contribution in [-0.4, -0.2) is 16.7 Å². The van der Waals surface area contributed by atoms with Gasteiger partial charge in [-0.15, -0.1) is 0 Å². The van der Waals surface area contributed by atoms with Gasteiger partial charge in [0.25, 0.3) is 0 Å². The number of rotatable bonds is 3. The average molecular weight is 253 g/mol. The summed E-state index contributed by atoms with van der Waals surface area (Å²) in [4.78, 5) is 0. The lowest BCUT2D eigenvalue weighted by Crippen LogP contribution is -2.21. The molecule has 2 aromatic carbocycles. The van der Waals surface area contributed by atoms with Gasteiger partial charge in [0.05, 0.1) is 5.69 Å². The van der Waals surface area contributed by atoms with Crippen LogP contribution in [0.15, 0.2) is 41.5 Å². The Morgan fingerprint density at radius 3 is 2.84 bits per heavy atom. The molecular formula is C13H11N5O. The van der Waals surface area contributed by atoms with Crippen molar-refractivity contribution in [3.8, 4) is 11.8 Å². The van der Waals surface area contributed by atoms with E-state index in [1.165, 1.54) is 0 Å². The zero-order chi connectivity index (χ0) is 13.8. The maximum absolute atomic E-state index is 9.41.